The molecule has 5 nitrogen and oxygen atoms in total. The zero-order valence-electron chi connectivity index (χ0n) is 13.5. The Labute approximate surface area is 147 Å². The van der Waals surface area contributed by atoms with Crippen molar-refractivity contribution in [1.29, 1.82) is 0 Å². The summed E-state index contributed by atoms with van der Waals surface area (Å²) in [5.41, 5.74) is 0.542. The van der Waals surface area contributed by atoms with Gasteiger partial charge in [-0.05, 0) is 36.2 Å². The van der Waals surface area contributed by atoms with Crippen molar-refractivity contribution in [3.63, 3.8) is 0 Å². The standard InChI is InChI=1S/C18H14ClFN2O3/c1-3-10-6-7-21-15(14(10)20)17(24)16-18(25-9(2)23)12-8-11(19)4-5-13(12)22-16/h4-8,22H,3H2,1-2H3. The minimum atomic E-state index is -0.698. The van der Waals surface area contributed by atoms with Crippen molar-refractivity contribution in [1.82, 2.24) is 9.97 Å². The third kappa shape index (κ3) is 3.13. The maximum Gasteiger partial charge on any atom is 0.308 e. The van der Waals surface area contributed by atoms with Crippen molar-refractivity contribution in [3.05, 3.63) is 58.3 Å². The van der Waals surface area contributed by atoms with E-state index in [2.05, 4.69) is 9.97 Å². The fraction of sp³-hybridized carbons (Fsp3) is 0.167. The lowest BCUT2D eigenvalue weighted by Crippen LogP contribution is -2.12. The number of halogens is 2. The third-order valence-electron chi connectivity index (χ3n) is 3.75. The zero-order valence-corrected chi connectivity index (χ0v) is 14.3. The van der Waals surface area contributed by atoms with Crippen LogP contribution < -0.4 is 4.74 Å². The number of nitrogens with zero attached hydrogens (tertiary/aromatic N) is 1. The fourth-order valence-electron chi connectivity index (χ4n) is 2.58. The van der Waals surface area contributed by atoms with Crippen LogP contribution in [0.5, 0.6) is 5.75 Å². The monoisotopic (exact) mass is 360 g/mol. The smallest absolute Gasteiger partial charge is 0.308 e. The van der Waals surface area contributed by atoms with E-state index in [-0.39, 0.29) is 17.1 Å². The molecule has 7 heteroatoms. The Kier molecular flexibility index (Phi) is 4.55. The van der Waals surface area contributed by atoms with E-state index in [9.17, 15) is 14.0 Å². The van der Waals surface area contributed by atoms with Crippen LogP contribution in [0.3, 0.4) is 0 Å². The van der Waals surface area contributed by atoms with Crippen LogP contribution in [-0.2, 0) is 11.2 Å². The Hall–Kier alpha value is -2.73. The third-order valence-corrected chi connectivity index (χ3v) is 3.99. The quantitative estimate of drug-likeness (QED) is 0.562. The predicted molar refractivity (Wildman–Crippen MR) is 91.6 cm³/mol. The van der Waals surface area contributed by atoms with Crippen LogP contribution in [0.25, 0.3) is 10.9 Å². The van der Waals surface area contributed by atoms with Gasteiger partial charge in [0.25, 0.3) is 0 Å². The van der Waals surface area contributed by atoms with E-state index in [0.29, 0.717) is 27.9 Å². The van der Waals surface area contributed by atoms with Crippen LogP contribution in [0.2, 0.25) is 5.02 Å². The normalized spacial score (nSPS) is 10.9. The van der Waals surface area contributed by atoms with Gasteiger partial charge in [0.1, 0.15) is 11.4 Å². The van der Waals surface area contributed by atoms with Crippen molar-refractivity contribution >= 4 is 34.3 Å². The average molecular weight is 361 g/mol. The van der Waals surface area contributed by atoms with Crippen LogP contribution in [0.15, 0.2) is 30.5 Å². The molecule has 0 spiro atoms. The largest absolute Gasteiger partial charge is 0.424 e. The number of rotatable bonds is 4. The number of benzene rings is 1. The molecule has 0 bridgehead atoms. The number of aromatic nitrogens is 2. The highest BCUT2D eigenvalue weighted by molar-refractivity contribution is 6.31. The lowest BCUT2D eigenvalue weighted by molar-refractivity contribution is -0.131. The molecule has 1 aromatic carbocycles. The molecule has 0 amide bonds. The Morgan fingerprint density at radius 1 is 1.32 bits per heavy atom. The Bertz CT molecular complexity index is 997. The van der Waals surface area contributed by atoms with Crippen molar-refractivity contribution in [3.8, 4) is 5.75 Å². The van der Waals surface area contributed by atoms with Crippen LogP contribution >= 0.6 is 11.6 Å². The van der Waals surface area contributed by atoms with Crippen LogP contribution in [0.4, 0.5) is 4.39 Å². The number of ether oxygens (including phenoxy) is 1. The highest BCUT2D eigenvalue weighted by Gasteiger charge is 2.26. The summed E-state index contributed by atoms with van der Waals surface area (Å²) >= 11 is 5.99. The molecule has 0 fully saturated rings. The molecule has 3 aromatic rings. The molecule has 0 radical (unpaired) electrons. The van der Waals surface area contributed by atoms with Crippen molar-refractivity contribution in [2.24, 2.45) is 0 Å². The number of H-pyrrole nitrogens is 1. The number of hydrogen-bond acceptors (Lipinski definition) is 4. The Morgan fingerprint density at radius 2 is 2.08 bits per heavy atom. The molecule has 0 aliphatic carbocycles. The second-order valence-corrected chi connectivity index (χ2v) is 5.86. The molecule has 0 unspecified atom stereocenters. The molecule has 0 saturated carbocycles. The minimum absolute atomic E-state index is 0.0121. The van der Waals surface area contributed by atoms with Gasteiger partial charge >= 0.3 is 5.97 Å². The molecule has 2 heterocycles. The number of fused-ring (bicyclic) bond motifs is 1. The highest BCUT2D eigenvalue weighted by Crippen LogP contribution is 2.34. The second-order valence-electron chi connectivity index (χ2n) is 5.43. The summed E-state index contributed by atoms with van der Waals surface area (Å²) in [5.74, 6) is -1.97. The molecule has 3 rings (SSSR count). The van der Waals surface area contributed by atoms with E-state index in [4.69, 9.17) is 16.3 Å². The van der Waals surface area contributed by atoms with Gasteiger partial charge in [-0.1, -0.05) is 18.5 Å². The molecule has 0 aliphatic rings. The number of nitrogens with one attached hydrogen (secondary N) is 1. The topological polar surface area (TPSA) is 72.1 Å². The van der Waals surface area contributed by atoms with E-state index in [1.165, 1.54) is 19.2 Å². The van der Waals surface area contributed by atoms with Gasteiger partial charge in [-0.2, -0.15) is 0 Å². The number of pyridine rings is 1. The molecule has 25 heavy (non-hydrogen) atoms. The van der Waals surface area contributed by atoms with Gasteiger partial charge in [-0.25, -0.2) is 9.37 Å². The summed E-state index contributed by atoms with van der Waals surface area (Å²) < 4.78 is 19.7. The SMILES string of the molecule is CCc1ccnc(C(=O)c2[nH]c3ccc(Cl)cc3c2OC(C)=O)c1F. The van der Waals surface area contributed by atoms with Gasteiger partial charge in [-0.3, -0.25) is 9.59 Å². The van der Waals surface area contributed by atoms with Gasteiger partial charge in [0, 0.05) is 29.0 Å². The van der Waals surface area contributed by atoms with Crippen LogP contribution in [0, 0.1) is 5.82 Å². The number of aromatic amines is 1. The summed E-state index contributed by atoms with van der Waals surface area (Å²) in [6, 6.07) is 6.36. The first kappa shape index (κ1) is 17.1. The van der Waals surface area contributed by atoms with Gasteiger partial charge in [0.15, 0.2) is 11.6 Å². The Balaban J connectivity index is 2.21. The summed E-state index contributed by atoms with van der Waals surface area (Å²) in [4.78, 5) is 31.0. The van der Waals surface area contributed by atoms with Crippen molar-refractivity contribution in [2.75, 3.05) is 0 Å². The molecular weight excluding hydrogens is 347 g/mol. The van der Waals surface area contributed by atoms with Crippen LogP contribution in [0.1, 0.15) is 35.6 Å². The molecule has 2 aromatic heterocycles. The van der Waals surface area contributed by atoms with E-state index >= 15 is 0 Å². The lowest BCUT2D eigenvalue weighted by atomic mass is 10.1. The number of ketones is 1. The predicted octanol–water partition coefficient (Wildman–Crippen LogP) is 4.07. The van der Waals surface area contributed by atoms with E-state index in [1.807, 2.05) is 0 Å². The number of carbonyl (C=O) groups excluding carboxylic acids is 2. The van der Waals surface area contributed by atoms with Gasteiger partial charge in [0.2, 0.25) is 5.78 Å². The van der Waals surface area contributed by atoms with Crippen LogP contribution in [-0.4, -0.2) is 21.7 Å². The number of hydrogen-bond donors (Lipinski definition) is 1. The van der Waals surface area contributed by atoms with Gasteiger partial charge < -0.3 is 9.72 Å². The molecule has 0 aliphatic heterocycles. The van der Waals surface area contributed by atoms with Crippen molar-refractivity contribution in [2.45, 2.75) is 20.3 Å². The molecule has 0 atom stereocenters. The molecule has 128 valence electrons. The van der Waals surface area contributed by atoms with E-state index < -0.39 is 17.6 Å². The Morgan fingerprint density at radius 3 is 2.76 bits per heavy atom. The average Bonchev–Trinajstić information content (AvgIpc) is 2.92. The minimum Gasteiger partial charge on any atom is -0.424 e. The molecule has 1 N–H and O–H groups in total. The summed E-state index contributed by atoms with van der Waals surface area (Å²) in [5, 5.41) is 0.870. The van der Waals surface area contributed by atoms with E-state index in [1.54, 1.807) is 25.1 Å². The first-order valence-corrected chi connectivity index (χ1v) is 7.97. The summed E-state index contributed by atoms with van der Waals surface area (Å²) in [6.07, 6.45) is 1.80. The molecule has 0 saturated heterocycles. The number of esters is 1. The van der Waals surface area contributed by atoms with E-state index in [0.717, 1.165) is 0 Å². The van der Waals surface area contributed by atoms with Gasteiger partial charge in [0.05, 0.1) is 0 Å². The first-order chi connectivity index (χ1) is 11.9. The highest BCUT2D eigenvalue weighted by atomic mass is 35.5. The van der Waals surface area contributed by atoms with Crippen molar-refractivity contribution < 1.29 is 18.7 Å². The summed E-state index contributed by atoms with van der Waals surface area (Å²) in [7, 11) is 0. The first-order valence-electron chi connectivity index (χ1n) is 7.60. The fourth-order valence-corrected chi connectivity index (χ4v) is 2.75. The second kappa shape index (κ2) is 6.64. The lowest BCUT2D eigenvalue weighted by Gasteiger charge is -2.06. The maximum atomic E-state index is 14.5. The summed E-state index contributed by atoms with van der Waals surface area (Å²) in [6.45, 7) is 3.00. The van der Waals surface area contributed by atoms with Gasteiger partial charge in [-0.15, -0.1) is 0 Å². The molecular formula is C18H14ClFN2O3. The maximum absolute atomic E-state index is 14.5. The number of carbonyl (C=O) groups is 2. The zero-order chi connectivity index (χ0) is 18.1. The number of aryl methyl sites for hydroxylation is 1.